The first-order chi connectivity index (χ1) is 16.5. The fourth-order valence-electron chi connectivity index (χ4n) is 5.65. The third-order valence-electron chi connectivity index (χ3n) is 7.20. The molecule has 3 aliphatic carbocycles. The third-order valence-corrected chi connectivity index (χ3v) is 7.20. The summed E-state index contributed by atoms with van der Waals surface area (Å²) in [6.07, 6.45) is 1.79. The van der Waals surface area contributed by atoms with Gasteiger partial charge < -0.3 is 26.2 Å². The Bertz CT molecular complexity index is 1280. The minimum atomic E-state index is -2.64. The molecule has 9 heteroatoms. The number of aromatic hydroxyl groups is 1. The second-order valence-corrected chi connectivity index (χ2v) is 9.50. The number of allylic oxidation sites excluding steroid dienone is 1. The van der Waals surface area contributed by atoms with Crippen molar-refractivity contribution in [2.24, 2.45) is 17.6 Å². The molecule has 0 saturated carbocycles. The molecule has 1 amide bonds. The summed E-state index contributed by atoms with van der Waals surface area (Å²) in [6, 6.07) is 1.97. The molecule has 4 atom stereocenters. The van der Waals surface area contributed by atoms with Crippen LogP contribution in [0.3, 0.4) is 0 Å². The maximum atomic E-state index is 13.6. The number of nitrogens with zero attached hydrogens (tertiary/aromatic N) is 1. The number of primary amides is 1. The Labute approximate surface area is 202 Å². The third kappa shape index (κ3) is 3.44. The molecule has 0 aliphatic heterocycles. The van der Waals surface area contributed by atoms with Crippen LogP contribution in [-0.2, 0) is 16.0 Å². The smallest absolute Gasteiger partial charge is 0.255 e. The lowest BCUT2D eigenvalue weighted by Gasteiger charge is -2.50. The number of phenolic OH excluding ortho intramolecular Hbond substituents is 1. The molecular weight excluding hydrogens is 452 g/mol. The van der Waals surface area contributed by atoms with E-state index in [9.17, 15) is 34.8 Å². The number of aliphatic hydroxyl groups is 3. The first-order valence-electron chi connectivity index (χ1n) is 11.4. The summed E-state index contributed by atoms with van der Waals surface area (Å²) in [4.78, 5) is 40.3. The number of fused-ring (bicyclic) bond motifs is 3. The molecule has 0 bridgehead atoms. The van der Waals surface area contributed by atoms with Crippen LogP contribution in [0, 0.1) is 23.7 Å². The van der Waals surface area contributed by atoms with E-state index >= 15 is 0 Å². The number of nitrogens with two attached hydrogens (primary N) is 1. The average Bonchev–Trinajstić information content (AvgIpc) is 2.77. The predicted molar refractivity (Wildman–Crippen MR) is 125 cm³/mol. The Morgan fingerprint density at radius 2 is 1.91 bits per heavy atom. The normalized spacial score (nSPS) is 27.7. The first-order valence-corrected chi connectivity index (χ1v) is 11.4. The molecule has 0 fully saturated rings. The highest BCUT2D eigenvalue weighted by molar-refractivity contribution is 6.24. The van der Waals surface area contributed by atoms with Gasteiger partial charge in [0.1, 0.15) is 22.8 Å². The highest BCUT2D eigenvalue weighted by Crippen LogP contribution is 2.52. The second-order valence-electron chi connectivity index (χ2n) is 9.50. The summed E-state index contributed by atoms with van der Waals surface area (Å²) >= 11 is 0. The zero-order valence-electron chi connectivity index (χ0n) is 19.8. The van der Waals surface area contributed by atoms with Gasteiger partial charge in [0, 0.05) is 23.5 Å². The fourth-order valence-corrected chi connectivity index (χ4v) is 5.65. The van der Waals surface area contributed by atoms with E-state index in [1.165, 1.54) is 11.0 Å². The zero-order valence-corrected chi connectivity index (χ0v) is 19.8. The number of phenols is 1. The molecule has 1 aromatic carbocycles. The van der Waals surface area contributed by atoms with Gasteiger partial charge in [-0.15, -0.1) is 0 Å². The number of aliphatic hydroxyl groups excluding tert-OH is 2. The summed E-state index contributed by atoms with van der Waals surface area (Å²) in [5.41, 5.74) is 2.77. The van der Waals surface area contributed by atoms with Crippen LogP contribution < -0.4 is 5.73 Å². The molecular formula is C26H28N2O7. The van der Waals surface area contributed by atoms with Crippen LogP contribution in [0.4, 0.5) is 0 Å². The van der Waals surface area contributed by atoms with Crippen molar-refractivity contribution in [1.29, 1.82) is 0 Å². The molecule has 4 rings (SSSR count). The van der Waals surface area contributed by atoms with Crippen LogP contribution in [-0.4, -0.2) is 68.5 Å². The molecule has 3 aliphatic rings. The van der Waals surface area contributed by atoms with E-state index < -0.39 is 58.0 Å². The van der Waals surface area contributed by atoms with Crippen molar-refractivity contribution in [1.82, 2.24) is 4.90 Å². The Kier molecular flexibility index (Phi) is 5.99. The number of ketones is 2. The standard InChI is InChI=1S/C26H28N2O7/c1-4-5-6-7-12-8-9-16(29)18-14(12)10-13-11-15-20(28(2)3)22(31)19(25(27)34)24(33)26(15,35)23(32)17(13)21(18)30/h8-9,13,15,20,29,31-32,35H,4-5,10-11H2,1-3H3,(H2,27,34)/t13-,15-,20-,26-/m0/s1. The van der Waals surface area contributed by atoms with Gasteiger partial charge in [-0.1, -0.05) is 18.8 Å². The zero-order chi connectivity index (χ0) is 25.8. The molecule has 184 valence electrons. The number of Topliss-reactive ketones (excluding diaryl/α,β-unsaturated/α-hetero) is 2. The van der Waals surface area contributed by atoms with E-state index in [4.69, 9.17) is 5.73 Å². The van der Waals surface area contributed by atoms with Crippen LogP contribution in [0.5, 0.6) is 5.75 Å². The van der Waals surface area contributed by atoms with Gasteiger partial charge in [0.25, 0.3) is 5.91 Å². The van der Waals surface area contributed by atoms with Crippen molar-refractivity contribution in [3.8, 4) is 17.6 Å². The Morgan fingerprint density at radius 1 is 1.23 bits per heavy atom. The topological polar surface area (TPSA) is 161 Å². The van der Waals surface area contributed by atoms with E-state index in [2.05, 4.69) is 11.8 Å². The van der Waals surface area contributed by atoms with Crippen molar-refractivity contribution in [3.05, 3.63) is 51.5 Å². The van der Waals surface area contributed by atoms with Crippen LogP contribution in [0.15, 0.2) is 34.8 Å². The van der Waals surface area contributed by atoms with Crippen LogP contribution in [0.1, 0.15) is 47.7 Å². The summed E-state index contributed by atoms with van der Waals surface area (Å²) in [5, 5.41) is 44.1. The van der Waals surface area contributed by atoms with Crippen molar-refractivity contribution in [2.45, 2.75) is 44.2 Å². The van der Waals surface area contributed by atoms with Crippen molar-refractivity contribution in [3.63, 3.8) is 0 Å². The van der Waals surface area contributed by atoms with Gasteiger partial charge in [-0.3, -0.25) is 19.3 Å². The highest BCUT2D eigenvalue weighted by Gasteiger charge is 2.63. The summed E-state index contributed by atoms with van der Waals surface area (Å²) in [5.74, 6) is -0.569. The van der Waals surface area contributed by atoms with Crippen LogP contribution in [0.25, 0.3) is 0 Å². The number of unbranched alkanes of at least 4 members (excludes halogenated alkanes) is 1. The lowest BCUT2D eigenvalue weighted by Crippen LogP contribution is -2.63. The summed E-state index contributed by atoms with van der Waals surface area (Å²) in [7, 11) is 3.18. The van der Waals surface area contributed by atoms with Crippen LogP contribution in [0.2, 0.25) is 0 Å². The summed E-state index contributed by atoms with van der Waals surface area (Å²) in [6.45, 7) is 1.99. The van der Waals surface area contributed by atoms with E-state index in [0.29, 0.717) is 17.5 Å². The monoisotopic (exact) mass is 480 g/mol. The molecule has 0 spiro atoms. The second kappa shape index (κ2) is 8.56. The van der Waals surface area contributed by atoms with Gasteiger partial charge in [-0.05, 0) is 57.0 Å². The highest BCUT2D eigenvalue weighted by atomic mass is 16.3. The Balaban J connectivity index is 1.94. The van der Waals surface area contributed by atoms with Gasteiger partial charge in [-0.2, -0.15) is 0 Å². The average molecular weight is 481 g/mol. The number of hydrogen-bond acceptors (Lipinski definition) is 8. The number of carbonyl (C=O) groups is 3. The maximum Gasteiger partial charge on any atom is 0.255 e. The molecule has 9 nitrogen and oxygen atoms in total. The van der Waals surface area contributed by atoms with E-state index in [0.717, 1.165) is 6.42 Å². The van der Waals surface area contributed by atoms with Gasteiger partial charge in [0.2, 0.25) is 5.78 Å². The predicted octanol–water partition coefficient (Wildman–Crippen LogP) is 1.27. The number of hydrogen-bond donors (Lipinski definition) is 5. The number of rotatable bonds is 3. The maximum absolute atomic E-state index is 13.6. The largest absolute Gasteiger partial charge is 0.510 e. The van der Waals surface area contributed by atoms with E-state index in [-0.39, 0.29) is 29.7 Å². The molecule has 0 aromatic heterocycles. The van der Waals surface area contributed by atoms with Gasteiger partial charge in [0.15, 0.2) is 11.4 Å². The van der Waals surface area contributed by atoms with Gasteiger partial charge in [-0.25, -0.2) is 0 Å². The van der Waals surface area contributed by atoms with Crippen molar-refractivity contribution in [2.75, 3.05) is 14.1 Å². The lowest BCUT2D eigenvalue weighted by molar-refractivity contribution is -0.148. The lowest BCUT2D eigenvalue weighted by atomic mass is 9.58. The molecule has 6 N–H and O–H groups in total. The number of likely N-dealkylation sites (N-methyl/N-ethyl adjacent to an activating group) is 1. The van der Waals surface area contributed by atoms with E-state index in [1.807, 2.05) is 6.92 Å². The SMILES string of the molecule is CCCC#Cc1ccc(O)c2c1C[C@H]1C[C@H]3[C@H](N(C)C)C(O)=C(C(N)=O)C(=O)[C@@]3(O)C(O)=C1C2=O. The molecule has 0 heterocycles. The molecule has 35 heavy (non-hydrogen) atoms. The molecule has 0 unspecified atom stereocenters. The fraction of sp³-hybridized carbons (Fsp3) is 0.423. The Hall–Kier alpha value is -3.61. The number of amides is 1. The Morgan fingerprint density at radius 3 is 2.51 bits per heavy atom. The van der Waals surface area contributed by atoms with Crippen LogP contribution >= 0.6 is 0 Å². The quantitative estimate of drug-likeness (QED) is 0.319. The van der Waals surface area contributed by atoms with Crippen molar-refractivity contribution >= 4 is 17.5 Å². The van der Waals surface area contributed by atoms with E-state index in [1.54, 1.807) is 20.2 Å². The van der Waals surface area contributed by atoms with Gasteiger partial charge in [0.05, 0.1) is 11.6 Å². The minimum absolute atomic E-state index is 0.0333. The first kappa shape index (κ1) is 24.5. The van der Waals surface area contributed by atoms with Crippen molar-refractivity contribution < 1.29 is 34.8 Å². The molecule has 0 radical (unpaired) electrons. The molecule has 0 saturated heterocycles. The molecule has 1 aromatic rings. The number of carbonyl (C=O) groups excluding carboxylic acids is 3. The summed E-state index contributed by atoms with van der Waals surface area (Å²) < 4.78 is 0. The number of benzene rings is 1. The van der Waals surface area contributed by atoms with Gasteiger partial charge >= 0.3 is 0 Å². The minimum Gasteiger partial charge on any atom is -0.510 e.